The normalized spacial score (nSPS) is 21.3. The number of hydrogen-bond donors (Lipinski definition) is 4. The molecule has 19 rings (SSSR count). The molecule has 0 saturated heterocycles. The second-order valence-corrected chi connectivity index (χ2v) is 42.0. The van der Waals surface area contributed by atoms with E-state index in [1.165, 1.54) is 41.3 Å². The Balaban J connectivity index is 0.000000138. The van der Waals surface area contributed by atoms with E-state index in [1.54, 1.807) is 48.5 Å². The summed E-state index contributed by atoms with van der Waals surface area (Å²) in [5.74, 6) is 8.16. The van der Waals surface area contributed by atoms with Gasteiger partial charge in [0.1, 0.15) is 45.6 Å². The first-order valence-electron chi connectivity index (χ1n) is 44.4. The number of phenolic OH excluding ortho intramolecular Hbond substituents is 1. The number of carbonyl (C=O) groups is 4. The van der Waals surface area contributed by atoms with E-state index in [4.69, 9.17) is 55.5 Å². The fraction of sp³-hybridized carbons (Fsp3) is 0.296. The molecule has 8 aliphatic rings. The highest BCUT2D eigenvalue weighted by molar-refractivity contribution is 9.10. The second-order valence-electron chi connectivity index (χ2n) is 35.6. The summed E-state index contributed by atoms with van der Waals surface area (Å²) in [7, 11) is -0.909. The first kappa shape index (κ1) is 95.2. The molecule has 11 aromatic carbocycles. The molecule has 0 radical (unpaired) electrons. The van der Waals surface area contributed by atoms with Gasteiger partial charge < -0.3 is 35.1 Å². The van der Waals surface area contributed by atoms with Crippen molar-refractivity contribution >= 4 is 87.6 Å². The number of aromatic hydroxyl groups is 1. The maximum atomic E-state index is 13.1. The number of ketones is 4. The Hall–Kier alpha value is -12.4. The minimum absolute atomic E-state index is 0.0284. The van der Waals surface area contributed by atoms with Crippen molar-refractivity contribution in [3.05, 3.63) is 344 Å². The minimum Gasteiger partial charge on any atom is -0.507 e. The van der Waals surface area contributed by atoms with Crippen LogP contribution in [0.1, 0.15) is 228 Å². The van der Waals surface area contributed by atoms with Gasteiger partial charge >= 0.3 is 7.12 Å². The van der Waals surface area contributed by atoms with Gasteiger partial charge in [-0.2, -0.15) is 15.8 Å². The second kappa shape index (κ2) is 43.4. The van der Waals surface area contributed by atoms with Crippen molar-refractivity contribution in [1.82, 2.24) is 5.06 Å². The number of ether oxygens (including phenoxy) is 3. The number of Topliss-reactive ketones (excluding diaryl/α,β-unsaturated/α-hetero) is 4. The van der Waals surface area contributed by atoms with Crippen LogP contribution in [0.5, 0.6) is 23.0 Å². The standard InChI is InChI=1S/C29H28N4O2.C27H23NO2.C20H19BrO2.C12H14O.C8H7BrO2.C7H6BNO2.C5H11NSi/c1-33-27(31)32-29(35-33)19-28(14-12-22(13-15-28)21-7-3-2-4-8-21)34-26-11-10-24(17-25(26)29)23-9-5-6-20(16-23)18-30;28-18-19-5-4-8-22(15-19)23-9-10-26-24(16-23)25(29)17-27(30-26)13-11-21(12-14-27)20-6-2-1-3-7-20;21-16-6-7-19-17(12-16)18(22)13-20(23-19)10-8-15(9-11-20)14-4-2-1-3-5-14;13-12-8-6-11(7-9-12)10-4-2-1-3-5-10;1-5(10)7-4-6(9)2-3-8(7)11;9-5-6-2-1-3-7(4-6)8(10)11;1-5-6-7(2,3)4/h2-11,16-17,22H,12-15,19H2,1H3,(H2,31,32);1-10,15-16,21H,11-14,17H2;1-7,12,15H,8-11,13H2;1-5,11H,6-9H2;2-4,11H,1H3;1-4,10-11H;1H2,2-4H3. The van der Waals surface area contributed by atoms with Gasteiger partial charge in [-0.05, 0) is 300 Å². The molecule has 1 atom stereocenters. The Kier molecular flexibility index (Phi) is 31.7. The van der Waals surface area contributed by atoms with Crippen LogP contribution in [0.2, 0.25) is 19.6 Å². The lowest BCUT2D eigenvalue weighted by molar-refractivity contribution is -0.208. The Labute approximate surface area is 780 Å². The zero-order valence-corrected chi connectivity index (χ0v) is 78.2. The molecule has 4 aliphatic carbocycles. The van der Waals surface area contributed by atoms with Crippen LogP contribution in [0.3, 0.4) is 0 Å². The molecular weight excluding hydrogens is 1770 g/mol. The minimum atomic E-state index is -1.50. The predicted molar refractivity (Wildman–Crippen MR) is 521 cm³/mol. The molecule has 1 unspecified atom stereocenters. The molecule has 0 amide bonds. The zero-order chi connectivity index (χ0) is 92.2. The topological polar surface area (TPSA) is 291 Å². The molecular formula is C108H108BBr2N7O11Si. The van der Waals surface area contributed by atoms with Crippen molar-refractivity contribution in [2.24, 2.45) is 15.4 Å². The summed E-state index contributed by atoms with van der Waals surface area (Å²) in [6.07, 6.45) is 17.2. The lowest BCUT2D eigenvalue weighted by atomic mass is 9.71. The number of guanidine groups is 1. The Bertz CT molecular complexity index is 6060. The monoisotopic (exact) mass is 1880 g/mol. The highest BCUT2D eigenvalue weighted by atomic mass is 79.9. The van der Waals surface area contributed by atoms with Gasteiger partial charge in [0.2, 0.25) is 11.7 Å². The van der Waals surface area contributed by atoms with E-state index in [9.17, 15) is 24.4 Å². The highest BCUT2D eigenvalue weighted by Gasteiger charge is 2.56. The van der Waals surface area contributed by atoms with Crippen LogP contribution in [0.4, 0.5) is 0 Å². The largest absolute Gasteiger partial charge is 0.507 e. The van der Waals surface area contributed by atoms with Crippen molar-refractivity contribution in [2.75, 3.05) is 7.05 Å². The van der Waals surface area contributed by atoms with Gasteiger partial charge in [0, 0.05) is 35.3 Å². The number of aliphatic imine (C=N–C) groups is 1. The average molecular weight is 1880 g/mol. The maximum absolute atomic E-state index is 13.1. The fourth-order valence-electron chi connectivity index (χ4n) is 18.6. The molecule has 4 heterocycles. The first-order chi connectivity index (χ1) is 62.6. The third-order valence-corrected chi connectivity index (χ3v) is 27.2. The van der Waals surface area contributed by atoms with Gasteiger partial charge in [-0.1, -0.05) is 202 Å². The molecule has 22 heteroatoms. The smallest absolute Gasteiger partial charge is 0.488 e. The van der Waals surface area contributed by atoms with Crippen molar-refractivity contribution < 1.29 is 53.4 Å². The van der Waals surface area contributed by atoms with Crippen LogP contribution in [0.25, 0.3) is 22.3 Å². The number of carbonyl (C=O) groups excluding carboxylic acids is 4. The van der Waals surface area contributed by atoms with Gasteiger partial charge in [-0.15, -0.1) is 0 Å². The molecule has 0 bridgehead atoms. The van der Waals surface area contributed by atoms with Gasteiger partial charge in [0.25, 0.3) is 0 Å². The van der Waals surface area contributed by atoms with Crippen LogP contribution in [0.15, 0.2) is 292 Å². The molecule has 130 heavy (non-hydrogen) atoms. The lowest BCUT2D eigenvalue weighted by Gasteiger charge is -2.48. The van der Waals surface area contributed by atoms with Crippen molar-refractivity contribution in [3.63, 3.8) is 0 Å². The quantitative estimate of drug-likeness (QED) is 0.0593. The molecule has 18 nitrogen and oxygen atoms in total. The van der Waals surface area contributed by atoms with Gasteiger partial charge in [-0.25, -0.2) is 14.9 Å². The van der Waals surface area contributed by atoms with Gasteiger partial charge in [0.05, 0.1) is 70.0 Å². The van der Waals surface area contributed by atoms with Crippen LogP contribution < -0.4 is 25.4 Å². The summed E-state index contributed by atoms with van der Waals surface area (Å²) in [6.45, 7) is 11.2. The third kappa shape index (κ3) is 24.6. The molecule has 4 saturated carbocycles. The van der Waals surface area contributed by atoms with Crippen LogP contribution >= 0.6 is 31.9 Å². The molecule has 4 fully saturated rings. The number of halogens is 2. The number of fused-ring (bicyclic) bond motifs is 4. The van der Waals surface area contributed by atoms with Crippen molar-refractivity contribution in [2.45, 2.75) is 195 Å². The molecule has 0 aromatic heterocycles. The summed E-state index contributed by atoms with van der Waals surface area (Å²) < 4.78 is 25.3. The Morgan fingerprint density at radius 1 is 0.500 bits per heavy atom. The molecule has 5 N–H and O–H groups in total. The number of nitrogens with two attached hydrogens (primary N) is 1. The Morgan fingerprint density at radius 2 is 0.892 bits per heavy atom. The summed E-state index contributed by atoms with van der Waals surface area (Å²) in [5.41, 5.74) is 18.3. The number of benzene rings is 11. The zero-order valence-electron chi connectivity index (χ0n) is 74.1. The molecule has 11 aromatic rings. The third-order valence-electron chi connectivity index (χ3n) is 25.4. The number of hydroxylamine groups is 2. The van der Waals surface area contributed by atoms with Crippen LogP contribution in [-0.2, 0) is 15.4 Å². The predicted octanol–water partition coefficient (Wildman–Crippen LogP) is 23.4. The van der Waals surface area contributed by atoms with E-state index < -0.39 is 21.1 Å². The van der Waals surface area contributed by atoms with E-state index in [0.29, 0.717) is 93.7 Å². The number of rotatable bonds is 9. The fourth-order valence-corrected chi connectivity index (χ4v) is 19.7. The van der Waals surface area contributed by atoms with Crippen molar-refractivity contribution in [3.8, 4) is 63.5 Å². The van der Waals surface area contributed by atoms with E-state index in [2.05, 4.69) is 202 Å². The molecule has 662 valence electrons. The number of nitriles is 3. The van der Waals surface area contributed by atoms with E-state index in [-0.39, 0.29) is 39.9 Å². The SMILES string of the molecule is C=C=N[Si](C)(C)C.CC(=O)c1cc(Br)ccc1O.CN1OC2(CC3(CCC(c4ccccc4)CC3)Oc3ccc(-c4cccc(C#N)c4)cc32)N=C1N.N#Cc1cccc(-c2ccc3c(c2)C(=O)CC2(CCC(c4ccccc4)CC2)O3)c1.N#Cc1cccc(B(O)O)c1.O=C1CC2(CCC(c3ccccc3)CC2)Oc2ccc(Br)cc21.O=C1CCC(c2ccccc2)CC1. The summed E-state index contributed by atoms with van der Waals surface area (Å²) >= 11 is 6.63. The maximum Gasteiger partial charge on any atom is 0.488 e. The van der Waals surface area contributed by atoms with Crippen LogP contribution in [-0.4, -0.2) is 94.4 Å². The first-order valence-corrected chi connectivity index (χ1v) is 49.4. The number of phenols is 1. The number of hydrogen-bond acceptors (Lipinski definition) is 18. The van der Waals surface area contributed by atoms with E-state index in [0.717, 1.165) is 157 Å². The van der Waals surface area contributed by atoms with E-state index >= 15 is 0 Å². The summed E-state index contributed by atoms with van der Waals surface area (Å²) in [6, 6.07) is 92.6. The highest BCUT2D eigenvalue weighted by Crippen LogP contribution is 2.56. The number of nitrogens with zero attached hydrogens (tertiary/aromatic N) is 6. The Morgan fingerprint density at radius 3 is 1.31 bits per heavy atom. The van der Waals surface area contributed by atoms with Crippen molar-refractivity contribution in [1.29, 1.82) is 15.8 Å². The lowest BCUT2D eigenvalue weighted by Crippen LogP contribution is -2.50. The van der Waals surface area contributed by atoms with Crippen LogP contribution in [0, 0.1) is 34.0 Å². The summed E-state index contributed by atoms with van der Waals surface area (Å²) in [4.78, 5) is 58.8. The molecule has 4 spiro atoms. The summed E-state index contributed by atoms with van der Waals surface area (Å²) in [5, 5.41) is 55.0. The average Bonchev–Trinajstić information content (AvgIpc) is 1.46. The van der Waals surface area contributed by atoms with E-state index in [1.807, 2.05) is 103 Å². The van der Waals surface area contributed by atoms with Gasteiger partial charge in [-0.3, -0.25) is 23.8 Å². The molecule has 4 aliphatic heterocycles. The van der Waals surface area contributed by atoms with Gasteiger partial charge in [0.15, 0.2) is 25.6 Å².